The van der Waals surface area contributed by atoms with Gasteiger partial charge in [0.05, 0.1) is 21.2 Å². The van der Waals surface area contributed by atoms with Crippen LogP contribution in [0, 0.1) is 6.92 Å². The van der Waals surface area contributed by atoms with Gasteiger partial charge in [-0.25, -0.2) is 8.42 Å². The maximum absolute atomic E-state index is 13.4. The Morgan fingerprint density at radius 3 is 2.54 bits per heavy atom. The molecule has 0 radical (unpaired) electrons. The molecule has 7 nitrogen and oxygen atoms in total. The van der Waals surface area contributed by atoms with Crippen molar-refractivity contribution in [3.05, 3.63) is 71.3 Å². The number of nitrogens with zero attached hydrogens (tertiary/aromatic N) is 3. The second kappa shape index (κ2) is 11.0. The van der Waals surface area contributed by atoms with Gasteiger partial charge in [-0.2, -0.15) is 13.2 Å². The lowest BCUT2D eigenvalue weighted by Gasteiger charge is -2.25. The number of hydrogen-bond donors (Lipinski definition) is 1. The molecular formula is C21H18ClF3N4O3S3. The molecular weight excluding hydrogens is 545 g/mol. The number of rotatable bonds is 9. The van der Waals surface area contributed by atoms with Crippen molar-refractivity contribution in [2.24, 2.45) is 0 Å². The molecule has 1 heterocycles. The fraction of sp³-hybridized carbons (Fsp3) is 0.190. The summed E-state index contributed by atoms with van der Waals surface area (Å²) < 4.78 is 68.3. The Hall–Kier alpha value is -2.61. The van der Waals surface area contributed by atoms with Gasteiger partial charge in [-0.15, -0.1) is 16.8 Å². The Morgan fingerprint density at radius 2 is 1.91 bits per heavy atom. The first kappa shape index (κ1) is 27.0. The van der Waals surface area contributed by atoms with Crippen LogP contribution in [0.3, 0.4) is 0 Å². The van der Waals surface area contributed by atoms with Crippen molar-refractivity contribution in [3.8, 4) is 0 Å². The van der Waals surface area contributed by atoms with Crippen LogP contribution in [-0.2, 0) is 21.0 Å². The molecule has 0 saturated heterocycles. The molecule has 0 saturated carbocycles. The quantitative estimate of drug-likeness (QED) is 0.206. The van der Waals surface area contributed by atoms with E-state index in [2.05, 4.69) is 22.1 Å². The number of alkyl halides is 3. The van der Waals surface area contributed by atoms with Gasteiger partial charge in [0.25, 0.3) is 10.0 Å². The van der Waals surface area contributed by atoms with Gasteiger partial charge >= 0.3 is 6.18 Å². The van der Waals surface area contributed by atoms with Crippen molar-refractivity contribution in [2.45, 2.75) is 22.3 Å². The van der Waals surface area contributed by atoms with Crippen LogP contribution in [0.5, 0.6) is 0 Å². The van der Waals surface area contributed by atoms with Crippen LogP contribution in [-0.4, -0.2) is 36.8 Å². The van der Waals surface area contributed by atoms with Gasteiger partial charge in [0, 0.05) is 5.75 Å². The SMILES string of the molecule is C=CCSc1nnc(NC(=O)CN(c2ccc(Cl)c(C(F)(F)F)c2)S(=O)(=O)c2ccc(C)cc2)s1. The number of anilines is 2. The predicted molar refractivity (Wildman–Crippen MR) is 132 cm³/mol. The number of sulfonamides is 1. The third kappa shape index (κ3) is 6.75. The van der Waals surface area contributed by atoms with Crippen LogP contribution < -0.4 is 9.62 Å². The fourth-order valence-corrected chi connectivity index (χ4v) is 5.94. The number of aromatic nitrogens is 2. The molecule has 0 bridgehead atoms. The van der Waals surface area contributed by atoms with E-state index < -0.39 is 39.2 Å². The number of thioether (sulfide) groups is 1. The smallest absolute Gasteiger partial charge is 0.299 e. The summed E-state index contributed by atoms with van der Waals surface area (Å²) in [6.07, 6.45) is -3.17. The molecule has 0 fully saturated rings. The van der Waals surface area contributed by atoms with Crippen molar-refractivity contribution in [1.82, 2.24) is 10.2 Å². The van der Waals surface area contributed by atoms with E-state index in [0.29, 0.717) is 20.5 Å². The normalized spacial score (nSPS) is 11.8. The summed E-state index contributed by atoms with van der Waals surface area (Å²) in [5.74, 6) is -0.246. The van der Waals surface area contributed by atoms with Crippen molar-refractivity contribution in [3.63, 3.8) is 0 Å². The van der Waals surface area contributed by atoms with Gasteiger partial charge in [-0.1, -0.05) is 58.5 Å². The van der Waals surface area contributed by atoms with Gasteiger partial charge in [-0.05, 0) is 37.3 Å². The molecule has 0 spiro atoms. The van der Waals surface area contributed by atoms with E-state index in [4.69, 9.17) is 11.6 Å². The number of halogens is 4. The molecule has 2 aromatic carbocycles. The van der Waals surface area contributed by atoms with Crippen molar-refractivity contribution in [2.75, 3.05) is 21.9 Å². The van der Waals surface area contributed by atoms with Gasteiger partial charge in [0.1, 0.15) is 6.54 Å². The summed E-state index contributed by atoms with van der Waals surface area (Å²) in [6.45, 7) is 4.53. The molecule has 14 heteroatoms. The Labute approximate surface area is 213 Å². The molecule has 1 amide bonds. The number of benzene rings is 2. The lowest BCUT2D eigenvalue weighted by atomic mass is 10.2. The maximum atomic E-state index is 13.4. The Kier molecular flexibility index (Phi) is 8.46. The Balaban J connectivity index is 1.97. The minimum absolute atomic E-state index is 0.112. The summed E-state index contributed by atoms with van der Waals surface area (Å²) in [4.78, 5) is 12.6. The molecule has 3 rings (SSSR count). The van der Waals surface area contributed by atoms with E-state index in [1.807, 2.05) is 0 Å². The molecule has 0 aliphatic rings. The van der Waals surface area contributed by atoms with Crippen molar-refractivity contribution >= 4 is 61.4 Å². The van der Waals surface area contributed by atoms with Crippen molar-refractivity contribution in [1.29, 1.82) is 0 Å². The number of nitrogens with one attached hydrogen (secondary N) is 1. The number of amides is 1. The highest BCUT2D eigenvalue weighted by Gasteiger charge is 2.35. The number of hydrogen-bond acceptors (Lipinski definition) is 7. The topological polar surface area (TPSA) is 92.3 Å². The molecule has 186 valence electrons. The lowest BCUT2D eigenvalue weighted by Crippen LogP contribution is -2.38. The van der Waals surface area contributed by atoms with Gasteiger partial charge in [0.15, 0.2) is 4.34 Å². The number of carbonyl (C=O) groups excluding carboxylic acids is 1. The highest BCUT2D eigenvalue weighted by atomic mass is 35.5. The van der Waals surface area contributed by atoms with Crippen molar-refractivity contribution < 1.29 is 26.4 Å². The zero-order valence-electron chi connectivity index (χ0n) is 18.0. The predicted octanol–water partition coefficient (Wildman–Crippen LogP) is 5.63. The highest BCUT2D eigenvalue weighted by Crippen LogP contribution is 2.38. The Bertz CT molecular complexity index is 1330. The summed E-state index contributed by atoms with van der Waals surface area (Å²) in [6, 6.07) is 8.33. The lowest BCUT2D eigenvalue weighted by molar-refractivity contribution is -0.137. The third-order valence-electron chi connectivity index (χ3n) is 4.42. The van der Waals surface area contributed by atoms with Crippen LogP contribution in [0.4, 0.5) is 24.0 Å². The van der Waals surface area contributed by atoms with Crippen LogP contribution in [0.15, 0.2) is 64.4 Å². The first-order chi connectivity index (χ1) is 16.4. The van der Waals surface area contributed by atoms with Crippen LogP contribution in [0.1, 0.15) is 11.1 Å². The first-order valence-electron chi connectivity index (χ1n) is 9.75. The van der Waals surface area contributed by atoms with E-state index in [9.17, 15) is 26.4 Å². The molecule has 1 aromatic heterocycles. The van der Waals surface area contributed by atoms with E-state index in [-0.39, 0.29) is 15.7 Å². The van der Waals surface area contributed by atoms with Crippen LogP contribution in [0.25, 0.3) is 0 Å². The van der Waals surface area contributed by atoms with E-state index in [0.717, 1.165) is 29.0 Å². The summed E-state index contributed by atoms with van der Waals surface area (Å²) in [5, 5.41) is 9.67. The second-order valence-electron chi connectivity index (χ2n) is 7.01. The van der Waals surface area contributed by atoms with Gasteiger partial charge in [-0.3, -0.25) is 14.4 Å². The average Bonchev–Trinajstić information content (AvgIpc) is 3.23. The molecule has 0 aliphatic heterocycles. The second-order valence-corrected chi connectivity index (χ2v) is 11.5. The maximum Gasteiger partial charge on any atom is 0.417 e. The number of carbonyl (C=O) groups is 1. The largest absolute Gasteiger partial charge is 0.417 e. The zero-order chi connectivity index (χ0) is 25.8. The van der Waals surface area contributed by atoms with Gasteiger partial charge in [0.2, 0.25) is 11.0 Å². The zero-order valence-corrected chi connectivity index (χ0v) is 21.2. The van der Waals surface area contributed by atoms with Crippen LogP contribution in [0.2, 0.25) is 5.02 Å². The molecule has 0 atom stereocenters. The van der Waals surface area contributed by atoms with E-state index in [1.54, 1.807) is 13.0 Å². The van der Waals surface area contributed by atoms with Crippen LogP contribution >= 0.6 is 34.7 Å². The summed E-state index contributed by atoms with van der Waals surface area (Å²) >= 11 is 8.10. The Morgan fingerprint density at radius 1 is 1.23 bits per heavy atom. The molecule has 0 unspecified atom stereocenters. The summed E-state index contributed by atoms with van der Waals surface area (Å²) in [5.41, 5.74) is -0.827. The molecule has 1 N–H and O–H groups in total. The molecule has 3 aromatic rings. The molecule has 0 aliphatic carbocycles. The fourth-order valence-electron chi connectivity index (χ4n) is 2.78. The minimum Gasteiger partial charge on any atom is -0.299 e. The van der Waals surface area contributed by atoms with E-state index >= 15 is 0 Å². The molecule has 35 heavy (non-hydrogen) atoms. The average molecular weight is 563 g/mol. The number of aryl methyl sites for hydroxylation is 1. The standard InChI is InChI=1S/C21H18ClF3N4O3S3/c1-3-10-33-20-28-27-19(34-20)26-18(30)12-29(35(31,32)15-7-4-13(2)5-8-15)14-6-9-17(22)16(11-14)21(23,24)25/h3-9,11H,1,10,12H2,2H3,(H,26,27,30). The minimum atomic E-state index is -4.83. The monoisotopic (exact) mass is 562 g/mol. The third-order valence-corrected chi connectivity index (χ3v) is 8.50. The summed E-state index contributed by atoms with van der Waals surface area (Å²) in [7, 11) is -4.43. The van der Waals surface area contributed by atoms with E-state index in [1.165, 1.54) is 36.0 Å². The van der Waals surface area contributed by atoms with Gasteiger partial charge < -0.3 is 0 Å². The highest BCUT2D eigenvalue weighted by molar-refractivity contribution is 8.01. The first-order valence-corrected chi connectivity index (χ1v) is 13.4.